The van der Waals surface area contributed by atoms with Crippen molar-refractivity contribution in [3.63, 3.8) is 0 Å². The van der Waals surface area contributed by atoms with Crippen molar-refractivity contribution in [1.82, 2.24) is 5.32 Å². The van der Waals surface area contributed by atoms with Crippen LogP contribution in [0.3, 0.4) is 0 Å². The summed E-state index contributed by atoms with van der Waals surface area (Å²) in [5.41, 5.74) is 0. The molecule has 5 nitrogen and oxygen atoms in total. The van der Waals surface area contributed by atoms with E-state index in [0.717, 1.165) is 6.42 Å². The van der Waals surface area contributed by atoms with Gasteiger partial charge in [-0.05, 0) is 37.3 Å². The van der Waals surface area contributed by atoms with Gasteiger partial charge in [0.1, 0.15) is 5.76 Å². The lowest BCUT2D eigenvalue weighted by Gasteiger charge is -2.25. The maximum Gasteiger partial charge on any atom is 0.307 e. The third-order valence-corrected chi connectivity index (χ3v) is 4.38. The smallest absolute Gasteiger partial charge is 0.307 e. The van der Waals surface area contributed by atoms with Crippen molar-refractivity contribution in [2.75, 3.05) is 0 Å². The highest BCUT2D eigenvalue weighted by Gasteiger charge is 2.51. The van der Waals surface area contributed by atoms with E-state index in [0.29, 0.717) is 5.76 Å². The van der Waals surface area contributed by atoms with Crippen molar-refractivity contribution in [3.05, 3.63) is 36.3 Å². The number of allylic oxidation sites excluding steroid dienone is 2. The van der Waals surface area contributed by atoms with Crippen molar-refractivity contribution in [3.8, 4) is 0 Å². The Kier molecular flexibility index (Phi) is 3.12. The van der Waals surface area contributed by atoms with E-state index in [1.54, 1.807) is 18.4 Å². The number of rotatable bonds is 4. The van der Waals surface area contributed by atoms with Crippen LogP contribution in [0.25, 0.3) is 0 Å². The molecule has 0 aliphatic heterocycles. The molecule has 0 spiro atoms. The Morgan fingerprint density at radius 1 is 1.35 bits per heavy atom. The third kappa shape index (κ3) is 2.03. The maximum absolute atomic E-state index is 12.4. The number of nitrogens with one attached hydrogen (secondary N) is 1. The summed E-state index contributed by atoms with van der Waals surface area (Å²) in [6.07, 6.45) is 6.23. The van der Waals surface area contributed by atoms with Crippen LogP contribution in [0.4, 0.5) is 0 Å². The van der Waals surface area contributed by atoms with E-state index in [1.807, 2.05) is 19.1 Å². The number of hydrogen-bond acceptors (Lipinski definition) is 3. The highest BCUT2D eigenvalue weighted by atomic mass is 16.4. The van der Waals surface area contributed by atoms with Crippen LogP contribution >= 0.6 is 0 Å². The van der Waals surface area contributed by atoms with Gasteiger partial charge < -0.3 is 14.8 Å². The second-order valence-electron chi connectivity index (χ2n) is 5.58. The minimum absolute atomic E-state index is 0.00725. The van der Waals surface area contributed by atoms with Crippen LogP contribution in [-0.2, 0) is 9.59 Å². The van der Waals surface area contributed by atoms with E-state index in [9.17, 15) is 14.7 Å². The molecule has 5 heteroatoms. The van der Waals surface area contributed by atoms with Crippen LogP contribution in [0.2, 0.25) is 0 Å². The van der Waals surface area contributed by atoms with E-state index < -0.39 is 17.8 Å². The predicted molar refractivity (Wildman–Crippen MR) is 70.6 cm³/mol. The average Bonchev–Trinajstić information content (AvgIpc) is 3.13. The number of aliphatic carboxylic acids is 1. The quantitative estimate of drug-likeness (QED) is 0.823. The molecule has 0 aromatic carbocycles. The van der Waals surface area contributed by atoms with Gasteiger partial charge in [0, 0.05) is 0 Å². The molecule has 1 fully saturated rings. The van der Waals surface area contributed by atoms with Gasteiger partial charge in [-0.1, -0.05) is 12.2 Å². The normalized spacial score (nSPS) is 32.2. The highest BCUT2D eigenvalue weighted by Crippen LogP contribution is 2.48. The van der Waals surface area contributed by atoms with Gasteiger partial charge in [-0.15, -0.1) is 0 Å². The Morgan fingerprint density at radius 2 is 2.05 bits per heavy atom. The first-order valence-electron chi connectivity index (χ1n) is 6.83. The Hall–Kier alpha value is -2.04. The van der Waals surface area contributed by atoms with E-state index in [1.165, 1.54) is 0 Å². The molecule has 106 valence electrons. The number of hydrogen-bond donors (Lipinski definition) is 2. The second kappa shape index (κ2) is 4.81. The molecule has 0 saturated heterocycles. The predicted octanol–water partition coefficient (Wildman–Crippen LogP) is 1.98. The lowest BCUT2D eigenvalue weighted by atomic mass is 9.82. The van der Waals surface area contributed by atoms with Crippen molar-refractivity contribution in [2.45, 2.75) is 19.4 Å². The van der Waals surface area contributed by atoms with Crippen molar-refractivity contribution in [1.29, 1.82) is 0 Å². The van der Waals surface area contributed by atoms with Gasteiger partial charge in [0.2, 0.25) is 5.91 Å². The average molecular weight is 275 g/mol. The molecule has 1 aromatic heterocycles. The molecule has 1 aromatic rings. The van der Waals surface area contributed by atoms with Crippen LogP contribution < -0.4 is 5.32 Å². The number of furan rings is 1. The van der Waals surface area contributed by atoms with Gasteiger partial charge in [-0.2, -0.15) is 0 Å². The number of amides is 1. The summed E-state index contributed by atoms with van der Waals surface area (Å²) in [4.78, 5) is 23.8. The fourth-order valence-corrected chi connectivity index (χ4v) is 3.43. The van der Waals surface area contributed by atoms with Crippen LogP contribution in [0.15, 0.2) is 35.0 Å². The molecule has 2 bridgehead atoms. The summed E-state index contributed by atoms with van der Waals surface area (Å²) in [7, 11) is 0. The third-order valence-electron chi connectivity index (χ3n) is 4.38. The van der Waals surface area contributed by atoms with Gasteiger partial charge in [0.25, 0.3) is 0 Å². The Morgan fingerprint density at radius 3 is 2.65 bits per heavy atom. The first-order valence-corrected chi connectivity index (χ1v) is 6.83. The molecule has 0 radical (unpaired) electrons. The number of fused-ring (bicyclic) bond motifs is 2. The van der Waals surface area contributed by atoms with E-state index in [4.69, 9.17) is 4.42 Å². The minimum Gasteiger partial charge on any atom is -0.481 e. The van der Waals surface area contributed by atoms with Crippen LogP contribution in [0.1, 0.15) is 25.1 Å². The zero-order valence-corrected chi connectivity index (χ0v) is 11.2. The first-order chi connectivity index (χ1) is 9.58. The zero-order chi connectivity index (χ0) is 14.3. The SMILES string of the molecule is CC(NC(=O)C1C2C=CC(C2)C1C(=O)O)c1ccco1. The number of carbonyl (C=O) groups excluding carboxylic acids is 1. The van der Waals surface area contributed by atoms with Crippen LogP contribution in [0.5, 0.6) is 0 Å². The highest BCUT2D eigenvalue weighted by molar-refractivity contribution is 5.87. The topological polar surface area (TPSA) is 79.5 Å². The lowest BCUT2D eigenvalue weighted by molar-refractivity contribution is -0.148. The van der Waals surface area contributed by atoms with Gasteiger partial charge in [0.05, 0.1) is 24.1 Å². The van der Waals surface area contributed by atoms with Crippen LogP contribution in [-0.4, -0.2) is 17.0 Å². The van der Waals surface area contributed by atoms with Crippen molar-refractivity contribution in [2.24, 2.45) is 23.7 Å². The fraction of sp³-hybridized carbons (Fsp3) is 0.467. The summed E-state index contributed by atoms with van der Waals surface area (Å²) >= 11 is 0. The number of carboxylic acid groups (broad SMARTS) is 1. The van der Waals surface area contributed by atoms with Gasteiger partial charge in [-0.25, -0.2) is 0 Å². The van der Waals surface area contributed by atoms with Gasteiger partial charge in [-0.3, -0.25) is 9.59 Å². The Balaban J connectivity index is 1.73. The molecule has 5 unspecified atom stereocenters. The Labute approximate surface area is 116 Å². The molecular weight excluding hydrogens is 258 g/mol. The summed E-state index contributed by atoms with van der Waals surface area (Å²) in [5, 5.41) is 12.2. The summed E-state index contributed by atoms with van der Waals surface area (Å²) < 4.78 is 5.25. The second-order valence-corrected chi connectivity index (χ2v) is 5.58. The molecule has 2 aliphatic rings. The lowest BCUT2D eigenvalue weighted by Crippen LogP contribution is -2.41. The molecule has 3 rings (SSSR count). The molecule has 1 heterocycles. The Bertz CT molecular complexity index is 548. The zero-order valence-electron chi connectivity index (χ0n) is 11.2. The van der Waals surface area contributed by atoms with Crippen LogP contribution in [0, 0.1) is 23.7 Å². The summed E-state index contributed by atoms with van der Waals surface area (Å²) in [6.45, 7) is 1.83. The molecule has 20 heavy (non-hydrogen) atoms. The first kappa shape index (κ1) is 13.0. The molecular formula is C15H17NO4. The minimum atomic E-state index is -0.882. The number of carboxylic acids is 1. The molecule has 1 amide bonds. The van der Waals surface area contributed by atoms with Crippen molar-refractivity contribution >= 4 is 11.9 Å². The van der Waals surface area contributed by atoms with E-state index in [-0.39, 0.29) is 23.8 Å². The molecule has 5 atom stereocenters. The largest absolute Gasteiger partial charge is 0.481 e. The van der Waals surface area contributed by atoms with E-state index in [2.05, 4.69) is 5.32 Å². The monoisotopic (exact) mass is 275 g/mol. The maximum atomic E-state index is 12.4. The van der Waals surface area contributed by atoms with Gasteiger partial charge >= 0.3 is 5.97 Å². The van der Waals surface area contributed by atoms with Crippen molar-refractivity contribution < 1.29 is 19.1 Å². The molecule has 2 aliphatic carbocycles. The summed E-state index contributed by atoms with van der Waals surface area (Å²) in [5.74, 6) is -1.44. The molecule has 2 N–H and O–H groups in total. The van der Waals surface area contributed by atoms with E-state index >= 15 is 0 Å². The number of carbonyl (C=O) groups is 2. The van der Waals surface area contributed by atoms with Gasteiger partial charge in [0.15, 0.2) is 0 Å². The molecule has 1 saturated carbocycles. The summed E-state index contributed by atoms with van der Waals surface area (Å²) in [6, 6.07) is 3.30. The standard InChI is InChI=1S/C15H17NO4/c1-8(11-3-2-6-20-11)16-14(17)12-9-4-5-10(7-9)13(12)15(18)19/h2-6,8-10,12-13H,7H2,1H3,(H,16,17)(H,18,19). The fourth-order valence-electron chi connectivity index (χ4n) is 3.43.